The summed E-state index contributed by atoms with van der Waals surface area (Å²) < 4.78 is 9.81. The molecular weight excluding hydrogens is 260 g/mol. The summed E-state index contributed by atoms with van der Waals surface area (Å²) in [4.78, 5) is 22.6. The molecule has 1 aromatic carbocycles. The summed E-state index contributed by atoms with van der Waals surface area (Å²) in [5, 5.41) is 5.35. The van der Waals surface area contributed by atoms with Gasteiger partial charge in [-0.05, 0) is 37.6 Å². The Hall–Kier alpha value is -2.24. The first-order valence-corrected chi connectivity index (χ1v) is 6.50. The predicted molar refractivity (Wildman–Crippen MR) is 75.9 cm³/mol. The highest BCUT2D eigenvalue weighted by molar-refractivity contribution is 5.89. The fourth-order valence-corrected chi connectivity index (χ4v) is 1.52. The second-order valence-electron chi connectivity index (χ2n) is 4.02. The monoisotopic (exact) mass is 280 g/mol. The molecule has 0 aliphatic rings. The fraction of sp³-hybridized carbons (Fsp3) is 0.429. The highest BCUT2D eigenvalue weighted by Crippen LogP contribution is 2.14. The van der Waals surface area contributed by atoms with E-state index < -0.39 is 0 Å². The van der Waals surface area contributed by atoms with Gasteiger partial charge in [-0.1, -0.05) is 0 Å². The highest BCUT2D eigenvalue weighted by Gasteiger charge is 2.04. The minimum absolute atomic E-state index is 0.245. The number of amides is 2. The van der Waals surface area contributed by atoms with Crippen molar-refractivity contribution in [2.45, 2.75) is 19.8 Å². The Morgan fingerprint density at radius 1 is 1.20 bits per heavy atom. The van der Waals surface area contributed by atoms with Gasteiger partial charge in [-0.15, -0.1) is 0 Å². The number of urea groups is 1. The van der Waals surface area contributed by atoms with E-state index in [0.29, 0.717) is 31.7 Å². The van der Waals surface area contributed by atoms with E-state index in [1.807, 2.05) is 0 Å². The Morgan fingerprint density at radius 3 is 2.50 bits per heavy atom. The number of benzene rings is 1. The maximum absolute atomic E-state index is 11.6. The summed E-state index contributed by atoms with van der Waals surface area (Å²) >= 11 is 0. The van der Waals surface area contributed by atoms with Crippen molar-refractivity contribution in [3.8, 4) is 5.75 Å². The predicted octanol–water partition coefficient (Wildman–Crippen LogP) is 2.16. The zero-order valence-electron chi connectivity index (χ0n) is 11.8. The van der Waals surface area contributed by atoms with Crippen LogP contribution in [0.25, 0.3) is 0 Å². The zero-order chi connectivity index (χ0) is 14.8. The molecule has 2 N–H and O–H groups in total. The van der Waals surface area contributed by atoms with Gasteiger partial charge in [0.15, 0.2) is 0 Å². The second kappa shape index (κ2) is 8.79. The lowest BCUT2D eigenvalue weighted by molar-refractivity contribution is -0.143. The molecule has 20 heavy (non-hydrogen) atoms. The third-order valence-corrected chi connectivity index (χ3v) is 2.50. The van der Waals surface area contributed by atoms with Crippen LogP contribution in [0.1, 0.15) is 19.8 Å². The molecule has 0 spiro atoms. The third kappa shape index (κ3) is 6.08. The summed E-state index contributed by atoms with van der Waals surface area (Å²) in [6.45, 7) is 2.56. The number of methoxy groups -OCH3 is 1. The van der Waals surface area contributed by atoms with Crippen LogP contribution in [-0.4, -0.2) is 32.3 Å². The molecule has 6 nitrogen and oxygen atoms in total. The number of carbonyl (C=O) groups is 2. The van der Waals surface area contributed by atoms with Gasteiger partial charge in [0.2, 0.25) is 0 Å². The lowest BCUT2D eigenvalue weighted by Gasteiger charge is -2.08. The molecule has 0 fully saturated rings. The van der Waals surface area contributed by atoms with Crippen molar-refractivity contribution >= 4 is 17.7 Å². The zero-order valence-corrected chi connectivity index (χ0v) is 11.8. The van der Waals surface area contributed by atoms with E-state index in [4.69, 9.17) is 9.47 Å². The molecule has 1 rings (SSSR count). The normalized spacial score (nSPS) is 9.70. The van der Waals surface area contributed by atoms with Crippen LogP contribution >= 0.6 is 0 Å². The van der Waals surface area contributed by atoms with Gasteiger partial charge >= 0.3 is 12.0 Å². The minimum atomic E-state index is -0.306. The molecule has 0 radical (unpaired) electrons. The summed E-state index contributed by atoms with van der Waals surface area (Å²) in [7, 11) is 1.58. The van der Waals surface area contributed by atoms with Crippen LogP contribution in [0.4, 0.5) is 10.5 Å². The van der Waals surface area contributed by atoms with Gasteiger partial charge in [-0.2, -0.15) is 0 Å². The second-order valence-corrected chi connectivity index (χ2v) is 4.02. The van der Waals surface area contributed by atoms with Gasteiger partial charge in [-0.3, -0.25) is 4.79 Å². The van der Waals surface area contributed by atoms with Crippen molar-refractivity contribution in [1.29, 1.82) is 0 Å². The molecule has 0 saturated heterocycles. The quantitative estimate of drug-likeness (QED) is 0.592. The average molecular weight is 280 g/mol. The van der Waals surface area contributed by atoms with Crippen LogP contribution in [-0.2, 0) is 9.53 Å². The maximum Gasteiger partial charge on any atom is 0.319 e. The van der Waals surface area contributed by atoms with E-state index in [-0.39, 0.29) is 12.0 Å². The Kier molecular flexibility index (Phi) is 6.95. The Bertz CT molecular complexity index is 431. The first-order valence-electron chi connectivity index (χ1n) is 6.50. The molecular formula is C14H20N2O4. The standard InChI is InChI=1S/C14H20N2O4/c1-3-20-13(17)5-4-10-15-14(18)16-11-6-8-12(19-2)9-7-11/h6-9H,3-5,10H2,1-2H3,(H2,15,16,18). The van der Waals surface area contributed by atoms with E-state index in [2.05, 4.69) is 10.6 Å². The Labute approximate surface area is 118 Å². The first kappa shape index (κ1) is 15.8. The molecule has 110 valence electrons. The van der Waals surface area contributed by atoms with Gasteiger partial charge in [0, 0.05) is 18.7 Å². The van der Waals surface area contributed by atoms with E-state index in [1.165, 1.54) is 0 Å². The van der Waals surface area contributed by atoms with Crippen LogP contribution in [0.2, 0.25) is 0 Å². The van der Waals surface area contributed by atoms with E-state index in [9.17, 15) is 9.59 Å². The fourth-order valence-electron chi connectivity index (χ4n) is 1.52. The van der Waals surface area contributed by atoms with Crippen molar-refractivity contribution in [2.75, 3.05) is 25.6 Å². The number of rotatable bonds is 7. The van der Waals surface area contributed by atoms with Crippen molar-refractivity contribution in [2.24, 2.45) is 0 Å². The topological polar surface area (TPSA) is 76.7 Å². The van der Waals surface area contributed by atoms with Crippen molar-refractivity contribution in [3.63, 3.8) is 0 Å². The lowest BCUT2D eigenvalue weighted by Crippen LogP contribution is -2.29. The van der Waals surface area contributed by atoms with Crippen molar-refractivity contribution in [3.05, 3.63) is 24.3 Å². The summed E-state index contributed by atoms with van der Waals surface area (Å²) in [5.74, 6) is 0.482. The largest absolute Gasteiger partial charge is 0.497 e. The molecule has 0 heterocycles. The summed E-state index contributed by atoms with van der Waals surface area (Å²) in [6, 6.07) is 6.71. The molecule has 0 unspecified atom stereocenters. The van der Waals surface area contributed by atoms with E-state index >= 15 is 0 Å². The van der Waals surface area contributed by atoms with Crippen LogP contribution in [0.3, 0.4) is 0 Å². The maximum atomic E-state index is 11.6. The number of hydrogen-bond donors (Lipinski definition) is 2. The van der Waals surface area contributed by atoms with E-state index in [1.54, 1.807) is 38.3 Å². The number of hydrogen-bond acceptors (Lipinski definition) is 4. The minimum Gasteiger partial charge on any atom is -0.497 e. The van der Waals surface area contributed by atoms with Gasteiger partial charge in [0.05, 0.1) is 13.7 Å². The first-order chi connectivity index (χ1) is 9.65. The molecule has 2 amide bonds. The smallest absolute Gasteiger partial charge is 0.319 e. The number of nitrogens with one attached hydrogen (secondary N) is 2. The molecule has 0 aliphatic carbocycles. The molecule has 0 aliphatic heterocycles. The summed E-state index contributed by atoms with van der Waals surface area (Å²) in [5.41, 5.74) is 0.675. The lowest BCUT2D eigenvalue weighted by atomic mass is 10.3. The van der Waals surface area contributed by atoms with Crippen LogP contribution in [0.5, 0.6) is 5.75 Å². The van der Waals surface area contributed by atoms with Gasteiger partial charge in [-0.25, -0.2) is 4.79 Å². The molecule has 6 heteroatoms. The van der Waals surface area contributed by atoms with Gasteiger partial charge < -0.3 is 20.1 Å². The highest BCUT2D eigenvalue weighted by atomic mass is 16.5. The molecule has 0 saturated carbocycles. The molecule has 0 atom stereocenters. The van der Waals surface area contributed by atoms with Gasteiger partial charge in [0.1, 0.15) is 5.75 Å². The number of carbonyl (C=O) groups excluding carboxylic acids is 2. The number of esters is 1. The Morgan fingerprint density at radius 2 is 1.90 bits per heavy atom. The SMILES string of the molecule is CCOC(=O)CCCNC(=O)Nc1ccc(OC)cc1. The molecule has 0 aromatic heterocycles. The summed E-state index contributed by atoms with van der Waals surface area (Å²) in [6.07, 6.45) is 0.853. The molecule has 0 bridgehead atoms. The Balaban J connectivity index is 2.21. The number of ether oxygens (including phenoxy) is 2. The van der Waals surface area contributed by atoms with Crippen LogP contribution in [0.15, 0.2) is 24.3 Å². The van der Waals surface area contributed by atoms with Crippen LogP contribution in [0, 0.1) is 0 Å². The molecule has 1 aromatic rings. The third-order valence-electron chi connectivity index (χ3n) is 2.50. The number of anilines is 1. The van der Waals surface area contributed by atoms with Crippen molar-refractivity contribution in [1.82, 2.24) is 5.32 Å². The van der Waals surface area contributed by atoms with Gasteiger partial charge in [0.25, 0.3) is 0 Å². The van der Waals surface area contributed by atoms with E-state index in [0.717, 1.165) is 5.75 Å². The van der Waals surface area contributed by atoms with Crippen LogP contribution < -0.4 is 15.4 Å². The average Bonchev–Trinajstić information content (AvgIpc) is 2.45. The van der Waals surface area contributed by atoms with Crippen molar-refractivity contribution < 1.29 is 19.1 Å².